The third-order valence-corrected chi connectivity index (χ3v) is 10.0. The van der Waals surface area contributed by atoms with Crippen LogP contribution in [0.3, 0.4) is 0 Å². The molecule has 0 radical (unpaired) electrons. The van der Waals surface area contributed by atoms with Gasteiger partial charge in [0.2, 0.25) is 0 Å². The van der Waals surface area contributed by atoms with Gasteiger partial charge in [-0.05, 0) is 58.5 Å². The minimum Gasteiger partial charge on any atom is -0.366 e. The zero-order valence-electron chi connectivity index (χ0n) is 25.5. The first-order valence-electron chi connectivity index (χ1n) is 15.9. The number of nitrogens with one attached hydrogen (secondary N) is 2. The van der Waals surface area contributed by atoms with Crippen molar-refractivity contribution in [2.75, 3.05) is 4.90 Å². The van der Waals surface area contributed by atoms with Gasteiger partial charge in [0.25, 0.3) is 0 Å². The van der Waals surface area contributed by atoms with Gasteiger partial charge in [-0.2, -0.15) is 0 Å². The molecule has 0 amide bonds. The molecule has 45 heavy (non-hydrogen) atoms. The number of allylic oxidation sites excluding steroid dienone is 2. The zero-order chi connectivity index (χ0) is 30.3. The number of anilines is 1. The van der Waals surface area contributed by atoms with Crippen molar-refractivity contribution in [2.45, 2.75) is 38.1 Å². The average Bonchev–Trinajstić information content (AvgIpc) is 3.81. The number of aromatic nitrogens is 1. The maximum atomic E-state index is 3.97. The number of hydrogen-bond donors (Lipinski definition) is 2. The first kappa shape index (κ1) is 27.7. The van der Waals surface area contributed by atoms with Crippen LogP contribution in [0.15, 0.2) is 145 Å². The molecular formula is C40H36N4S. The highest BCUT2D eigenvalue weighted by Crippen LogP contribution is 2.45. The van der Waals surface area contributed by atoms with Crippen molar-refractivity contribution in [1.29, 1.82) is 0 Å². The smallest absolute Gasteiger partial charge is 0.108 e. The summed E-state index contributed by atoms with van der Waals surface area (Å²) in [6.07, 6.45) is 11.4. The van der Waals surface area contributed by atoms with Gasteiger partial charge in [-0.25, -0.2) is 0 Å². The first-order valence-corrected chi connectivity index (χ1v) is 16.8. The SMILES string of the molecule is C1=CC2c3ccccc3N(C3C=C(c4ccccc4)NC(c4ccc(-n5c6ccccc6c6ccsc65)cc4)N3)C2C=C1.CC. The molecule has 2 aliphatic heterocycles. The molecule has 9 rings (SSSR count). The Morgan fingerprint density at radius 3 is 2.33 bits per heavy atom. The normalized spacial score (nSPS) is 21.6. The van der Waals surface area contributed by atoms with Gasteiger partial charge in [-0.3, -0.25) is 5.32 Å². The van der Waals surface area contributed by atoms with Crippen molar-refractivity contribution >= 4 is 43.8 Å². The lowest BCUT2D eigenvalue weighted by Gasteiger charge is -2.41. The van der Waals surface area contributed by atoms with Gasteiger partial charge in [-0.1, -0.05) is 117 Å². The van der Waals surface area contributed by atoms with Gasteiger partial charge >= 0.3 is 0 Å². The molecule has 0 fully saturated rings. The molecule has 3 aliphatic rings. The molecule has 0 saturated heterocycles. The third kappa shape index (κ3) is 4.62. The molecule has 0 bridgehead atoms. The highest BCUT2D eigenvalue weighted by Gasteiger charge is 2.41. The molecule has 222 valence electrons. The van der Waals surface area contributed by atoms with E-state index in [1.807, 2.05) is 13.8 Å². The van der Waals surface area contributed by atoms with Crippen LogP contribution < -0.4 is 15.5 Å². The van der Waals surface area contributed by atoms with Gasteiger partial charge in [-0.15, -0.1) is 11.3 Å². The van der Waals surface area contributed by atoms with E-state index in [0.717, 1.165) is 5.70 Å². The summed E-state index contributed by atoms with van der Waals surface area (Å²) >= 11 is 1.80. The molecule has 0 spiro atoms. The number of hydrogen-bond acceptors (Lipinski definition) is 4. The second-order valence-corrected chi connectivity index (χ2v) is 12.4. The molecule has 2 N–H and O–H groups in total. The largest absolute Gasteiger partial charge is 0.366 e. The monoisotopic (exact) mass is 604 g/mol. The summed E-state index contributed by atoms with van der Waals surface area (Å²) in [5.41, 5.74) is 8.66. The van der Waals surface area contributed by atoms with Gasteiger partial charge < -0.3 is 14.8 Å². The van der Waals surface area contributed by atoms with Crippen LogP contribution in [0.25, 0.3) is 32.5 Å². The fraction of sp³-hybridized carbons (Fsp3) is 0.150. The van der Waals surface area contributed by atoms with Crippen molar-refractivity contribution in [2.24, 2.45) is 0 Å². The van der Waals surface area contributed by atoms with Crippen molar-refractivity contribution in [1.82, 2.24) is 15.2 Å². The summed E-state index contributed by atoms with van der Waals surface area (Å²) in [4.78, 5) is 3.85. The van der Waals surface area contributed by atoms with E-state index in [0.29, 0.717) is 5.92 Å². The number of rotatable bonds is 4. The van der Waals surface area contributed by atoms with Crippen LogP contribution in [0, 0.1) is 0 Å². The fourth-order valence-corrected chi connectivity index (χ4v) is 8.11. The predicted octanol–water partition coefficient (Wildman–Crippen LogP) is 9.53. The lowest BCUT2D eigenvalue weighted by atomic mass is 9.91. The minimum absolute atomic E-state index is 0.00701. The highest BCUT2D eigenvalue weighted by molar-refractivity contribution is 7.17. The van der Waals surface area contributed by atoms with E-state index in [1.165, 1.54) is 49.2 Å². The molecule has 5 heteroatoms. The summed E-state index contributed by atoms with van der Waals surface area (Å²) < 4.78 is 2.39. The molecule has 4 atom stereocenters. The number of para-hydroxylation sites is 2. The maximum Gasteiger partial charge on any atom is 0.108 e. The minimum atomic E-state index is -0.0586. The van der Waals surface area contributed by atoms with Crippen molar-refractivity contribution in [3.05, 3.63) is 162 Å². The van der Waals surface area contributed by atoms with E-state index in [9.17, 15) is 0 Å². The molecule has 1 aliphatic carbocycles. The molecule has 2 aromatic heterocycles. The van der Waals surface area contributed by atoms with E-state index in [4.69, 9.17) is 0 Å². The van der Waals surface area contributed by atoms with E-state index in [1.54, 1.807) is 11.3 Å². The fourth-order valence-electron chi connectivity index (χ4n) is 7.17. The second kappa shape index (κ2) is 11.6. The Kier molecular flexibility index (Phi) is 7.13. The van der Waals surface area contributed by atoms with E-state index < -0.39 is 0 Å². The quantitative estimate of drug-likeness (QED) is 0.210. The van der Waals surface area contributed by atoms with Crippen LogP contribution in [0.1, 0.15) is 42.6 Å². The van der Waals surface area contributed by atoms with Crippen LogP contribution in [-0.4, -0.2) is 16.8 Å². The Labute approximate surface area is 268 Å². The molecule has 6 aromatic rings. The Bertz CT molecular complexity index is 2060. The average molecular weight is 605 g/mol. The van der Waals surface area contributed by atoms with Crippen LogP contribution in [0.4, 0.5) is 5.69 Å². The van der Waals surface area contributed by atoms with E-state index in [2.05, 4.69) is 165 Å². The molecule has 4 aromatic carbocycles. The molecule has 4 unspecified atom stereocenters. The molecule has 4 nitrogen and oxygen atoms in total. The highest BCUT2D eigenvalue weighted by atomic mass is 32.1. The van der Waals surface area contributed by atoms with Gasteiger partial charge in [0.15, 0.2) is 0 Å². The second-order valence-electron chi connectivity index (χ2n) is 11.5. The summed E-state index contributed by atoms with van der Waals surface area (Å²) in [6.45, 7) is 4.00. The number of nitrogens with zero attached hydrogens (tertiary/aromatic N) is 2. The van der Waals surface area contributed by atoms with Gasteiger partial charge in [0.1, 0.15) is 17.2 Å². The van der Waals surface area contributed by atoms with Crippen molar-refractivity contribution in [3.8, 4) is 5.69 Å². The topological polar surface area (TPSA) is 32.2 Å². The lowest BCUT2D eigenvalue weighted by molar-refractivity contribution is 0.411. The number of fused-ring (bicyclic) bond motifs is 6. The zero-order valence-corrected chi connectivity index (χ0v) is 26.3. The van der Waals surface area contributed by atoms with E-state index >= 15 is 0 Å². The first-order chi connectivity index (χ1) is 22.3. The van der Waals surface area contributed by atoms with Crippen LogP contribution in [-0.2, 0) is 0 Å². The van der Waals surface area contributed by atoms with Crippen LogP contribution in [0.5, 0.6) is 0 Å². The Hall–Kier alpha value is -4.84. The molecule has 4 heterocycles. The standard InChI is InChI=1S/C38H30N4S.C2H6/c1-2-10-25(11-3-1)32-24-36(42-34-16-8-4-12-28(34)29-13-5-9-17-35(29)42)40-37(39-32)26-18-20-27(21-19-26)41-33-15-7-6-14-30(33)31-22-23-43-38(31)41;1-2/h1-24,28,34,36-37,39-40H;1-2H3. The summed E-state index contributed by atoms with van der Waals surface area (Å²) in [5, 5.41) is 12.6. The Balaban J connectivity index is 0.00000147. The number of thiophene rings is 1. The van der Waals surface area contributed by atoms with Crippen molar-refractivity contribution in [3.63, 3.8) is 0 Å². The molecular weight excluding hydrogens is 569 g/mol. The van der Waals surface area contributed by atoms with E-state index in [-0.39, 0.29) is 18.4 Å². The molecule has 0 saturated carbocycles. The maximum absolute atomic E-state index is 3.97. The Morgan fingerprint density at radius 2 is 1.47 bits per heavy atom. The van der Waals surface area contributed by atoms with Gasteiger partial charge in [0.05, 0.1) is 11.6 Å². The third-order valence-electron chi connectivity index (χ3n) is 9.11. The lowest BCUT2D eigenvalue weighted by Crippen LogP contribution is -2.54. The van der Waals surface area contributed by atoms with Crippen LogP contribution >= 0.6 is 11.3 Å². The Morgan fingerprint density at radius 1 is 0.711 bits per heavy atom. The summed E-state index contributed by atoms with van der Waals surface area (Å²) in [5.74, 6) is 0.356. The van der Waals surface area contributed by atoms with Crippen LogP contribution in [0.2, 0.25) is 0 Å². The number of benzene rings is 4. The van der Waals surface area contributed by atoms with Gasteiger partial charge in [0, 0.05) is 33.8 Å². The summed E-state index contributed by atoms with van der Waals surface area (Å²) in [7, 11) is 0. The van der Waals surface area contributed by atoms with Crippen molar-refractivity contribution < 1.29 is 0 Å². The predicted molar refractivity (Wildman–Crippen MR) is 191 cm³/mol. The summed E-state index contributed by atoms with van der Waals surface area (Å²) in [6, 6.07) is 39.8.